The number of carbonyl (C=O) groups excluding carboxylic acids is 1. The van der Waals surface area contributed by atoms with Crippen LogP contribution in [0.4, 0.5) is 4.79 Å². The standard InChI is InChI=1S/C14H26O5/c1-4-7-9-14(5-2,12(15)16)10-8-11-19-13(17)18-6-3/h4-11H2,1-3H3,(H,15,16). The molecule has 1 unspecified atom stereocenters. The van der Waals surface area contributed by atoms with Crippen molar-refractivity contribution in [1.29, 1.82) is 0 Å². The second kappa shape index (κ2) is 9.64. The number of hydrogen-bond acceptors (Lipinski definition) is 4. The van der Waals surface area contributed by atoms with Gasteiger partial charge in [-0.1, -0.05) is 26.7 Å². The van der Waals surface area contributed by atoms with E-state index in [9.17, 15) is 14.7 Å². The summed E-state index contributed by atoms with van der Waals surface area (Å²) in [5, 5.41) is 9.41. The van der Waals surface area contributed by atoms with Crippen LogP contribution >= 0.6 is 0 Å². The van der Waals surface area contributed by atoms with Gasteiger partial charge < -0.3 is 14.6 Å². The summed E-state index contributed by atoms with van der Waals surface area (Å²) in [5.41, 5.74) is -0.686. The van der Waals surface area contributed by atoms with Crippen molar-refractivity contribution in [2.75, 3.05) is 13.2 Å². The lowest BCUT2D eigenvalue weighted by atomic mass is 9.76. The van der Waals surface area contributed by atoms with Gasteiger partial charge in [0.1, 0.15) is 0 Å². The quantitative estimate of drug-likeness (QED) is 0.486. The van der Waals surface area contributed by atoms with E-state index >= 15 is 0 Å². The predicted molar refractivity (Wildman–Crippen MR) is 72.1 cm³/mol. The monoisotopic (exact) mass is 274 g/mol. The molecule has 0 radical (unpaired) electrons. The Morgan fingerprint density at radius 1 is 1.05 bits per heavy atom. The third-order valence-electron chi connectivity index (χ3n) is 3.42. The number of carboxylic acid groups (broad SMARTS) is 1. The van der Waals surface area contributed by atoms with Gasteiger partial charge in [0.15, 0.2) is 0 Å². The summed E-state index contributed by atoms with van der Waals surface area (Å²) in [4.78, 5) is 22.4. The summed E-state index contributed by atoms with van der Waals surface area (Å²) in [6, 6.07) is 0. The van der Waals surface area contributed by atoms with Crippen LogP contribution in [0, 0.1) is 5.41 Å². The van der Waals surface area contributed by atoms with Crippen LogP contribution in [0.15, 0.2) is 0 Å². The van der Waals surface area contributed by atoms with E-state index in [4.69, 9.17) is 4.74 Å². The summed E-state index contributed by atoms with van der Waals surface area (Å²) in [7, 11) is 0. The maximum Gasteiger partial charge on any atom is 0.508 e. The van der Waals surface area contributed by atoms with Crippen LogP contribution < -0.4 is 0 Å². The SMILES string of the molecule is CCCCC(CC)(CCCOC(=O)OCC)C(=O)O. The fraction of sp³-hybridized carbons (Fsp3) is 0.857. The van der Waals surface area contributed by atoms with Crippen molar-refractivity contribution in [3.05, 3.63) is 0 Å². The molecule has 0 aliphatic carbocycles. The second-order valence-corrected chi connectivity index (χ2v) is 4.68. The number of ether oxygens (including phenoxy) is 2. The van der Waals surface area contributed by atoms with Gasteiger partial charge in [0, 0.05) is 0 Å². The zero-order valence-electron chi connectivity index (χ0n) is 12.2. The van der Waals surface area contributed by atoms with Crippen LogP contribution in [0.3, 0.4) is 0 Å². The molecule has 0 spiro atoms. The molecule has 5 heteroatoms. The first-order valence-electron chi connectivity index (χ1n) is 7.05. The molecule has 0 aromatic carbocycles. The summed E-state index contributed by atoms with van der Waals surface area (Å²) in [5.74, 6) is -0.750. The molecule has 19 heavy (non-hydrogen) atoms. The van der Waals surface area contributed by atoms with Crippen LogP contribution in [-0.4, -0.2) is 30.4 Å². The fourth-order valence-electron chi connectivity index (χ4n) is 2.08. The lowest BCUT2D eigenvalue weighted by molar-refractivity contribution is -0.150. The maximum atomic E-state index is 11.5. The average Bonchev–Trinajstić information content (AvgIpc) is 2.38. The Balaban J connectivity index is 4.19. The minimum absolute atomic E-state index is 0.208. The van der Waals surface area contributed by atoms with Gasteiger partial charge in [0.05, 0.1) is 18.6 Å². The summed E-state index contributed by atoms with van der Waals surface area (Å²) >= 11 is 0. The molecular formula is C14H26O5. The molecular weight excluding hydrogens is 248 g/mol. The summed E-state index contributed by atoms with van der Waals surface area (Å²) < 4.78 is 9.49. The van der Waals surface area contributed by atoms with E-state index in [0.29, 0.717) is 25.7 Å². The van der Waals surface area contributed by atoms with E-state index in [1.165, 1.54) is 0 Å². The molecule has 0 aliphatic rings. The average molecular weight is 274 g/mol. The van der Waals surface area contributed by atoms with Crippen LogP contribution in [-0.2, 0) is 14.3 Å². The third kappa shape index (κ3) is 6.45. The largest absolute Gasteiger partial charge is 0.508 e. The zero-order valence-corrected chi connectivity index (χ0v) is 12.2. The van der Waals surface area contributed by atoms with Gasteiger partial charge >= 0.3 is 12.1 Å². The smallest absolute Gasteiger partial charge is 0.481 e. The Morgan fingerprint density at radius 2 is 1.68 bits per heavy atom. The Hall–Kier alpha value is -1.26. The predicted octanol–water partition coefficient (Wildman–Crippen LogP) is 3.61. The van der Waals surface area contributed by atoms with Crippen molar-refractivity contribution >= 4 is 12.1 Å². The number of carboxylic acids is 1. The molecule has 0 fully saturated rings. The number of carbonyl (C=O) groups is 2. The van der Waals surface area contributed by atoms with Crippen molar-refractivity contribution < 1.29 is 24.2 Å². The highest BCUT2D eigenvalue weighted by atomic mass is 16.7. The first-order valence-corrected chi connectivity index (χ1v) is 7.05. The molecule has 0 amide bonds. The van der Waals surface area contributed by atoms with Crippen LogP contribution in [0.2, 0.25) is 0 Å². The van der Waals surface area contributed by atoms with Crippen molar-refractivity contribution in [3.63, 3.8) is 0 Å². The molecule has 0 aliphatic heterocycles. The lowest BCUT2D eigenvalue weighted by Crippen LogP contribution is -2.31. The molecule has 1 N–H and O–H groups in total. The third-order valence-corrected chi connectivity index (χ3v) is 3.42. The Labute approximate surface area is 115 Å². The van der Waals surface area contributed by atoms with E-state index in [2.05, 4.69) is 4.74 Å². The van der Waals surface area contributed by atoms with Crippen molar-refractivity contribution in [1.82, 2.24) is 0 Å². The molecule has 0 aromatic rings. The Kier molecular flexibility index (Phi) is 9.00. The van der Waals surface area contributed by atoms with Gasteiger partial charge in [0.2, 0.25) is 0 Å². The van der Waals surface area contributed by atoms with E-state index in [1.54, 1.807) is 6.92 Å². The van der Waals surface area contributed by atoms with Gasteiger partial charge in [-0.2, -0.15) is 0 Å². The van der Waals surface area contributed by atoms with E-state index in [0.717, 1.165) is 12.8 Å². The molecule has 1 atom stereocenters. The first-order chi connectivity index (χ1) is 9.02. The summed E-state index contributed by atoms with van der Waals surface area (Å²) in [6.45, 7) is 6.14. The number of unbranched alkanes of at least 4 members (excludes halogenated alkanes) is 1. The summed E-state index contributed by atoms with van der Waals surface area (Å²) in [6.07, 6.45) is 3.54. The fourth-order valence-corrected chi connectivity index (χ4v) is 2.08. The maximum absolute atomic E-state index is 11.5. The molecule has 0 rings (SSSR count). The van der Waals surface area contributed by atoms with E-state index < -0.39 is 17.5 Å². The zero-order chi connectivity index (χ0) is 14.7. The van der Waals surface area contributed by atoms with Gasteiger partial charge in [-0.15, -0.1) is 0 Å². The first kappa shape index (κ1) is 17.7. The van der Waals surface area contributed by atoms with E-state index in [1.807, 2.05) is 13.8 Å². The van der Waals surface area contributed by atoms with Crippen LogP contribution in [0.5, 0.6) is 0 Å². The molecule has 0 bridgehead atoms. The number of rotatable bonds is 10. The normalized spacial score (nSPS) is 13.6. The Morgan fingerprint density at radius 3 is 2.16 bits per heavy atom. The number of hydrogen-bond donors (Lipinski definition) is 1. The van der Waals surface area contributed by atoms with Gasteiger partial charge in [-0.3, -0.25) is 4.79 Å². The molecule has 0 saturated carbocycles. The highest BCUT2D eigenvalue weighted by molar-refractivity contribution is 5.74. The molecule has 0 aromatic heterocycles. The van der Waals surface area contributed by atoms with Crippen molar-refractivity contribution in [3.8, 4) is 0 Å². The van der Waals surface area contributed by atoms with Crippen molar-refractivity contribution in [2.45, 2.75) is 59.3 Å². The van der Waals surface area contributed by atoms with Gasteiger partial charge in [-0.05, 0) is 32.6 Å². The van der Waals surface area contributed by atoms with E-state index in [-0.39, 0.29) is 13.2 Å². The van der Waals surface area contributed by atoms with Gasteiger partial charge in [-0.25, -0.2) is 4.79 Å². The van der Waals surface area contributed by atoms with Crippen LogP contribution in [0.25, 0.3) is 0 Å². The molecule has 112 valence electrons. The molecule has 0 saturated heterocycles. The molecule has 5 nitrogen and oxygen atoms in total. The molecule has 0 heterocycles. The topological polar surface area (TPSA) is 72.8 Å². The highest BCUT2D eigenvalue weighted by Crippen LogP contribution is 2.34. The van der Waals surface area contributed by atoms with Crippen molar-refractivity contribution in [2.24, 2.45) is 5.41 Å². The van der Waals surface area contributed by atoms with Crippen LogP contribution in [0.1, 0.15) is 59.3 Å². The Bertz CT molecular complexity index is 277. The minimum Gasteiger partial charge on any atom is -0.481 e. The minimum atomic E-state index is -0.750. The highest BCUT2D eigenvalue weighted by Gasteiger charge is 2.35. The second-order valence-electron chi connectivity index (χ2n) is 4.68. The van der Waals surface area contributed by atoms with Gasteiger partial charge in [0.25, 0.3) is 0 Å². The lowest BCUT2D eigenvalue weighted by Gasteiger charge is -2.28. The number of aliphatic carboxylic acids is 1.